The van der Waals surface area contributed by atoms with Gasteiger partial charge in [0.25, 0.3) is 0 Å². The molecular weight excluding hydrogens is 324 g/mol. The van der Waals surface area contributed by atoms with Crippen molar-refractivity contribution in [2.45, 2.75) is 45.7 Å². The van der Waals surface area contributed by atoms with Crippen LogP contribution in [0.5, 0.6) is 0 Å². The van der Waals surface area contributed by atoms with Crippen LogP contribution < -0.4 is 5.73 Å². The quantitative estimate of drug-likeness (QED) is 0.908. The second-order valence-electron chi connectivity index (χ2n) is 8.23. The van der Waals surface area contributed by atoms with Crippen LogP contribution in [0.2, 0.25) is 0 Å². The Hall–Kier alpha value is -1.40. The molecule has 4 rings (SSSR count). The lowest BCUT2D eigenvalue weighted by atomic mass is 9.69. The van der Waals surface area contributed by atoms with Gasteiger partial charge in [0.2, 0.25) is 15.9 Å². The Morgan fingerprint density at radius 3 is 2.79 bits per heavy atom. The SMILES string of the molecule is CC1(C)[C@@H]2CC[C@@]13CS(=O)(=O)N(Cc1cccc(C(N)=O)c1)[C@@H]3C2. The summed E-state index contributed by atoms with van der Waals surface area (Å²) in [6, 6.07) is 7.09. The zero-order chi connectivity index (χ0) is 17.3. The van der Waals surface area contributed by atoms with Gasteiger partial charge >= 0.3 is 0 Å². The molecule has 2 saturated carbocycles. The number of carbonyl (C=O) groups excluding carboxylic acids is 1. The molecule has 130 valence electrons. The Bertz CT molecular complexity index is 817. The lowest BCUT2D eigenvalue weighted by molar-refractivity contribution is 0.1000. The Labute approximate surface area is 143 Å². The number of carbonyl (C=O) groups is 1. The van der Waals surface area contributed by atoms with E-state index in [1.807, 2.05) is 6.07 Å². The van der Waals surface area contributed by atoms with E-state index in [9.17, 15) is 13.2 Å². The third-order valence-electron chi connectivity index (χ3n) is 7.08. The maximum Gasteiger partial charge on any atom is 0.248 e. The van der Waals surface area contributed by atoms with Crippen LogP contribution in [0.15, 0.2) is 24.3 Å². The molecule has 5 nitrogen and oxygen atoms in total. The molecule has 3 fully saturated rings. The summed E-state index contributed by atoms with van der Waals surface area (Å²) in [5, 5.41) is 0. The predicted octanol–water partition coefficient (Wildman–Crippen LogP) is 2.13. The molecule has 24 heavy (non-hydrogen) atoms. The first-order chi connectivity index (χ1) is 11.2. The number of hydrogen-bond donors (Lipinski definition) is 1. The molecule has 2 aliphatic carbocycles. The molecule has 3 aliphatic rings. The maximum absolute atomic E-state index is 12.9. The molecule has 2 bridgehead atoms. The molecule has 0 aromatic heterocycles. The summed E-state index contributed by atoms with van der Waals surface area (Å²) in [6.07, 6.45) is 3.11. The van der Waals surface area contributed by atoms with Crippen molar-refractivity contribution >= 4 is 15.9 Å². The topological polar surface area (TPSA) is 80.5 Å². The standard InChI is InChI=1S/C18H24N2O3S/c1-17(2)14-6-7-18(17)11-24(22,23)20(15(18)9-14)10-12-4-3-5-13(8-12)16(19)21/h3-5,8,14-15H,6-7,9-11H2,1-2H3,(H2,19,21)/t14-,15-,18+/m1/s1. The van der Waals surface area contributed by atoms with E-state index in [-0.39, 0.29) is 22.6 Å². The highest BCUT2D eigenvalue weighted by Crippen LogP contribution is 2.70. The Balaban J connectivity index is 1.69. The largest absolute Gasteiger partial charge is 0.366 e. The van der Waals surface area contributed by atoms with Crippen molar-refractivity contribution in [1.82, 2.24) is 4.31 Å². The van der Waals surface area contributed by atoms with E-state index in [2.05, 4.69) is 13.8 Å². The summed E-state index contributed by atoms with van der Waals surface area (Å²) >= 11 is 0. The number of nitrogens with two attached hydrogens (primary N) is 1. The normalized spacial score (nSPS) is 35.9. The van der Waals surface area contributed by atoms with E-state index in [0.29, 0.717) is 18.0 Å². The summed E-state index contributed by atoms with van der Waals surface area (Å²) in [4.78, 5) is 11.4. The molecule has 1 aliphatic heterocycles. The van der Waals surface area contributed by atoms with Gasteiger partial charge in [-0.2, -0.15) is 4.31 Å². The molecule has 1 aromatic rings. The van der Waals surface area contributed by atoms with Gasteiger partial charge in [-0.3, -0.25) is 4.79 Å². The van der Waals surface area contributed by atoms with Crippen LogP contribution in [-0.4, -0.2) is 30.4 Å². The van der Waals surface area contributed by atoms with Crippen molar-refractivity contribution in [3.8, 4) is 0 Å². The van der Waals surface area contributed by atoms with Crippen LogP contribution in [0.4, 0.5) is 0 Å². The van der Waals surface area contributed by atoms with Crippen LogP contribution in [0.25, 0.3) is 0 Å². The van der Waals surface area contributed by atoms with Crippen molar-refractivity contribution in [2.75, 3.05) is 5.75 Å². The molecule has 2 N–H and O–H groups in total. The average Bonchev–Trinajstić information content (AvgIpc) is 2.97. The van der Waals surface area contributed by atoms with E-state index in [1.165, 1.54) is 0 Å². The van der Waals surface area contributed by atoms with Crippen LogP contribution in [0.1, 0.15) is 49.0 Å². The van der Waals surface area contributed by atoms with E-state index < -0.39 is 15.9 Å². The van der Waals surface area contributed by atoms with Crippen molar-refractivity contribution in [3.05, 3.63) is 35.4 Å². The number of amides is 1. The zero-order valence-electron chi connectivity index (χ0n) is 14.2. The minimum absolute atomic E-state index is 0.0779. The smallest absolute Gasteiger partial charge is 0.248 e. The highest BCUT2D eigenvalue weighted by Gasteiger charge is 2.71. The third kappa shape index (κ3) is 1.96. The molecule has 0 unspecified atom stereocenters. The molecule has 6 heteroatoms. The van der Waals surface area contributed by atoms with Crippen molar-refractivity contribution in [3.63, 3.8) is 0 Å². The molecule has 1 aromatic carbocycles. The fraction of sp³-hybridized carbons (Fsp3) is 0.611. The van der Waals surface area contributed by atoms with Gasteiger partial charge in [-0.05, 0) is 48.3 Å². The van der Waals surface area contributed by atoms with E-state index in [0.717, 1.165) is 24.8 Å². The summed E-state index contributed by atoms with van der Waals surface area (Å²) < 4.78 is 27.5. The first-order valence-corrected chi connectivity index (χ1v) is 10.2. The van der Waals surface area contributed by atoms with Gasteiger partial charge in [0.05, 0.1) is 5.75 Å². The van der Waals surface area contributed by atoms with Crippen LogP contribution in [0, 0.1) is 16.7 Å². The minimum Gasteiger partial charge on any atom is -0.366 e. The maximum atomic E-state index is 12.9. The Morgan fingerprint density at radius 2 is 2.12 bits per heavy atom. The molecule has 1 saturated heterocycles. The molecule has 0 radical (unpaired) electrons. The number of benzene rings is 1. The number of hydrogen-bond acceptors (Lipinski definition) is 3. The summed E-state index contributed by atoms with van der Waals surface area (Å²) in [7, 11) is -3.28. The monoisotopic (exact) mass is 348 g/mol. The first kappa shape index (κ1) is 16.1. The molecule has 1 amide bonds. The second kappa shape index (κ2) is 4.82. The highest BCUT2D eigenvalue weighted by molar-refractivity contribution is 7.89. The first-order valence-electron chi connectivity index (χ1n) is 8.56. The third-order valence-corrected chi connectivity index (χ3v) is 9.06. The minimum atomic E-state index is -3.28. The Kier molecular flexibility index (Phi) is 3.23. The number of sulfonamides is 1. The van der Waals surface area contributed by atoms with E-state index >= 15 is 0 Å². The number of fused-ring (bicyclic) bond motifs is 1. The summed E-state index contributed by atoms with van der Waals surface area (Å²) in [5.41, 5.74) is 6.56. The van der Waals surface area contributed by atoms with Crippen molar-refractivity contribution in [2.24, 2.45) is 22.5 Å². The lowest BCUT2D eigenvalue weighted by Gasteiger charge is -2.37. The van der Waals surface area contributed by atoms with Crippen LogP contribution in [-0.2, 0) is 16.6 Å². The van der Waals surface area contributed by atoms with Gasteiger partial charge in [-0.15, -0.1) is 0 Å². The van der Waals surface area contributed by atoms with Crippen LogP contribution >= 0.6 is 0 Å². The van der Waals surface area contributed by atoms with Crippen molar-refractivity contribution in [1.29, 1.82) is 0 Å². The van der Waals surface area contributed by atoms with Gasteiger partial charge in [0.15, 0.2) is 0 Å². The molecule has 3 atom stereocenters. The summed E-state index contributed by atoms with van der Waals surface area (Å²) in [6.45, 7) is 4.83. The van der Waals surface area contributed by atoms with E-state index in [1.54, 1.807) is 22.5 Å². The van der Waals surface area contributed by atoms with Gasteiger partial charge in [0, 0.05) is 23.6 Å². The highest BCUT2D eigenvalue weighted by atomic mass is 32.2. The van der Waals surface area contributed by atoms with E-state index in [4.69, 9.17) is 5.73 Å². The number of primary amides is 1. The fourth-order valence-electron chi connectivity index (χ4n) is 5.59. The van der Waals surface area contributed by atoms with Crippen LogP contribution in [0.3, 0.4) is 0 Å². The zero-order valence-corrected chi connectivity index (χ0v) is 15.0. The van der Waals surface area contributed by atoms with Gasteiger partial charge < -0.3 is 5.73 Å². The molecular formula is C18H24N2O3S. The van der Waals surface area contributed by atoms with Gasteiger partial charge in [0.1, 0.15) is 0 Å². The molecule has 1 spiro atoms. The van der Waals surface area contributed by atoms with Gasteiger partial charge in [-0.1, -0.05) is 26.0 Å². The fourth-order valence-corrected chi connectivity index (χ4v) is 8.13. The average molecular weight is 348 g/mol. The summed E-state index contributed by atoms with van der Waals surface area (Å²) in [5.74, 6) is 0.389. The van der Waals surface area contributed by atoms with Gasteiger partial charge in [-0.25, -0.2) is 8.42 Å². The number of nitrogens with zero attached hydrogens (tertiary/aromatic N) is 1. The predicted molar refractivity (Wildman–Crippen MR) is 91.6 cm³/mol. The van der Waals surface area contributed by atoms with Crippen molar-refractivity contribution < 1.29 is 13.2 Å². The number of rotatable bonds is 3. The Morgan fingerprint density at radius 1 is 1.38 bits per heavy atom. The second-order valence-corrected chi connectivity index (χ2v) is 10.2. The lowest BCUT2D eigenvalue weighted by Crippen LogP contribution is -2.41. The molecule has 1 heterocycles.